The van der Waals surface area contributed by atoms with Gasteiger partial charge in [0.15, 0.2) is 0 Å². The Morgan fingerprint density at radius 2 is 0.515 bits per heavy atom. The van der Waals surface area contributed by atoms with E-state index in [1.54, 1.807) is 27.7 Å². The Balaban J connectivity index is 0. The summed E-state index contributed by atoms with van der Waals surface area (Å²) in [6.07, 6.45) is 9.01. The molecule has 0 amide bonds. The monoisotopic (exact) mass is 1010 g/mol. The third-order valence-corrected chi connectivity index (χ3v) is 7.02. The summed E-state index contributed by atoms with van der Waals surface area (Å²) in [5.74, 6) is 0.667. The summed E-state index contributed by atoms with van der Waals surface area (Å²) in [7, 11) is 0. The molecular formula is C36H60N24Ni2O4. The minimum Gasteiger partial charge on any atom is -0.858 e. The maximum atomic E-state index is 11.1. The van der Waals surface area contributed by atoms with Crippen molar-refractivity contribution in [1.29, 1.82) is 0 Å². The molecule has 0 aromatic carbocycles. The van der Waals surface area contributed by atoms with Gasteiger partial charge >= 0.3 is 33.0 Å². The molecule has 8 rings (SSSR count). The van der Waals surface area contributed by atoms with Crippen LogP contribution >= 0.6 is 0 Å². The molecule has 28 nitrogen and oxygen atoms in total. The van der Waals surface area contributed by atoms with Crippen LogP contribution < -0.4 is 66.3 Å². The molecule has 30 heteroatoms. The summed E-state index contributed by atoms with van der Waals surface area (Å²) >= 11 is 0. The van der Waals surface area contributed by atoms with Crippen LogP contribution in [-0.2, 0) is 33.0 Å². The molecule has 0 aliphatic carbocycles. The third-order valence-electron chi connectivity index (χ3n) is 7.02. The van der Waals surface area contributed by atoms with Gasteiger partial charge in [-0.15, -0.1) is 0 Å². The van der Waals surface area contributed by atoms with Crippen molar-refractivity contribution < 1.29 is 53.4 Å². The molecule has 0 fully saturated rings. The Labute approximate surface area is 400 Å². The van der Waals surface area contributed by atoms with E-state index < -0.39 is 0 Å². The van der Waals surface area contributed by atoms with Gasteiger partial charge in [0.1, 0.15) is 25.3 Å². The average Bonchev–Trinajstić information content (AvgIpc) is 4.09. The van der Waals surface area contributed by atoms with E-state index in [-0.39, 0.29) is 56.5 Å². The van der Waals surface area contributed by atoms with E-state index in [0.717, 1.165) is 96.1 Å². The molecule has 0 aliphatic rings. The zero-order chi connectivity index (χ0) is 47.9. The van der Waals surface area contributed by atoms with Crippen molar-refractivity contribution in [2.75, 3.05) is 52.4 Å². The van der Waals surface area contributed by atoms with Crippen LogP contribution in [0.2, 0.25) is 0 Å². The molecular weight excluding hydrogens is 950 g/mol. The van der Waals surface area contributed by atoms with Crippen LogP contribution in [0.3, 0.4) is 0 Å². The number of nitrogens with two attached hydrogens (primary N) is 8. The fraction of sp³-hybridized carbons (Fsp3) is 0.444. The van der Waals surface area contributed by atoms with E-state index in [2.05, 4.69) is 60.3 Å². The van der Waals surface area contributed by atoms with Gasteiger partial charge in [-0.1, -0.05) is 0 Å². The van der Waals surface area contributed by atoms with Crippen LogP contribution in [0.25, 0.3) is 23.1 Å². The summed E-state index contributed by atoms with van der Waals surface area (Å²) in [6.45, 7) is 12.7. The van der Waals surface area contributed by atoms with Gasteiger partial charge in [0, 0.05) is 22.8 Å². The fourth-order valence-corrected chi connectivity index (χ4v) is 4.06. The molecule has 0 unspecified atom stereocenters. The molecule has 368 valence electrons. The van der Waals surface area contributed by atoms with Crippen molar-refractivity contribution >= 4 is 23.1 Å². The molecule has 66 heavy (non-hydrogen) atoms. The largest absolute Gasteiger partial charge is 2.00 e. The summed E-state index contributed by atoms with van der Waals surface area (Å²) in [5, 5.41) is 59.1. The van der Waals surface area contributed by atoms with Gasteiger partial charge in [-0.05, 0) is 154 Å². The predicted molar refractivity (Wildman–Crippen MR) is 231 cm³/mol. The zero-order valence-corrected chi connectivity index (χ0v) is 39.1. The smallest absolute Gasteiger partial charge is 0.858 e. The SMILES string of the molecule is Cc1cc([O-])n2ncnc2n1.Cc1cc([O-])n2ncnc2n1.Cc1cc([O-])n2ncnc2n1.Cc1cc([O-])n2ncnc2n1.NCCCN.NCCCN.NCCCN.NCCCN.[Ni+2].[Ni+2]. The van der Waals surface area contributed by atoms with Crippen LogP contribution in [0, 0.1) is 27.7 Å². The molecule has 0 saturated carbocycles. The Bertz CT molecular complexity index is 2100. The zero-order valence-electron chi connectivity index (χ0n) is 37.1. The van der Waals surface area contributed by atoms with Crippen LogP contribution in [0.1, 0.15) is 48.5 Å². The first-order chi connectivity index (χ1) is 30.7. The van der Waals surface area contributed by atoms with E-state index in [1.807, 2.05) is 0 Å². The van der Waals surface area contributed by atoms with Crippen LogP contribution in [0.4, 0.5) is 0 Å². The van der Waals surface area contributed by atoms with Crippen molar-refractivity contribution in [3.05, 3.63) is 72.4 Å². The minimum absolute atomic E-state index is 0. The Morgan fingerprint density at radius 1 is 0.348 bits per heavy atom. The first kappa shape index (κ1) is 62.2. The van der Waals surface area contributed by atoms with Crippen molar-refractivity contribution in [2.45, 2.75) is 53.4 Å². The number of hydrogen-bond acceptors (Lipinski definition) is 24. The van der Waals surface area contributed by atoms with Crippen molar-refractivity contribution in [1.82, 2.24) is 78.3 Å². The number of aromatic nitrogens is 16. The number of fused-ring (bicyclic) bond motifs is 4. The first-order valence-corrected chi connectivity index (χ1v) is 19.7. The van der Waals surface area contributed by atoms with Gasteiger partial charge in [-0.3, -0.25) is 0 Å². The van der Waals surface area contributed by atoms with Crippen LogP contribution in [-0.4, -0.2) is 131 Å². The molecule has 0 radical (unpaired) electrons. The minimum atomic E-state index is -0.190. The van der Waals surface area contributed by atoms with Crippen LogP contribution in [0.5, 0.6) is 23.5 Å². The molecule has 0 atom stereocenters. The third kappa shape index (κ3) is 23.3. The van der Waals surface area contributed by atoms with E-state index >= 15 is 0 Å². The molecule has 8 aromatic rings. The van der Waals surface area contributed by atoms with Gasteiger partial charge in [-0.25, -0.2) is 38.0 Å². The van der Waals surface area contributed by atoms with E-state index in [4.69, 9.17) is 45.9 Å². The molecule has 8 heterocycles. The quantitative estimate of drug-likeness (QED) is 0.0662. The molecule has 0 saturated heterocycles. The first-order valence-electron chi connectivity index (χ1n) is 19.7. The van der Waals surface area contributed by atoms with Gasteiger partial charge in [0.05, 0.1) is 0 Å². The van der Waals surface area contributed by atoms with Crippen molar-refractivity contribution in [3.63, 3.8) is 0 Å². The second-order valence-electron chi connectivity index (χ2n) is 12.6. The standard InChI is InChI=1S/4C6H6N4O.4C3H10N2.2Ni/c4*1-4-2-5(11)10-6(9-4)7-3-8-10;4*4-2-1-3-5;;/h4*2-3,11H,1H3;4*1-5H2;;/q;;;;;;;;2*+2/p-4. The Morgan fingerprint density at radius 3 is 0.652 bits per heavy atom. The van der Waals surface area contributed by atoms with Gasteiger partial charge in [0.25, 0.3) is 23.1 Å². The van der Waals surface area contributed by atoms with Gasteiger partial charge in [0.2, 0.25) is 0 Å². The Kier molecular flexibility index (Phi) is 34.2. The summed E-state index contributed by atoms with van der Waals surface area (Å²) < 4.78 is 4.64. The second-order valence-corrected chi connectivity index (χ2v) is 12.6. The normalized spacial score (nSPS) is 9.64. The average molecular weight is 1010 g/mol. The molecule has 0 aliphatic heterocycles. The predicted octanol–water partition coefficient (Wildman–Crippen LogP) is -4.80. The maximum Gasteiger partial charge on any atom is 2.00 e. The van der Waals surface area contributed by atoms with E-state index in [1.165, 1.54) is 49.6 Å². The topological polar surface area (TPSA) is 473 Å². The summed E-state index contributed by atoms with van der Waals surface area (Å²) in [4.78, 5) is 31.1. The molecule has 16 N–H and O–H groups in total. The number of rotatable bonds is 8. The molecule has 0 spiro atoms. The summed E-state index contributed by atoms with van der Waals surface area (Å²) in [5.41, 5.74) is 43.1. The maximum absolute atomic E-state index is 11.1. The number of hydrogen-bond donors (Lipinski definition) is 8. The van der Waals surface area contributed by atoms with Gasteiger partial charge in [-0.2, -0.15) is 40.3 Å². The van der Waals surface area contributed by atoms with E-state index in [0.29, 0.717) is 45.9 Å². The summed E-state index contributed by atoms with van der Waals surface area (Å²) in [6, 6.07) is 5.67. The Hall–Kier alpha value is -5.93. The van der Waals surface area contributed by atoms with E-state index in [9.17, 15) is 20.4 Å². The fourth-order valence-electron chi connectivity index (χ4n) is 4.06. The molecule has 8 aromatic heterocycles. The second kappa shape index (κ2) is 36.3. The van der Waals surface area contributed by atoms with Crippen molar-refractivity contribution in [3.8, 4) is 23.5 Å². The number of nitrogens with zero attached hydrogens (tertiary/aromatic N) is 16. The number of aryl methyl sites for hydroxylation is 4. The molecule has 0 bridgehead atoms. The van der Waals surface area contributed by atoms with Crippen LogP contribution in [0.15, 0.2) is 49.6 Å². The van der Waals surface area contributed by atoms with Crippen molar-refractivity contribution in [2.24, 2.45) is 45.9 Å². The van der Waals surface area contributed by atoms with Gasteiger partial charge < -0.3 is 66.3 Å².